The molecule has 2 aromatic rings. The molecule has 0 spiro atoms. The third-order valence-corrected chi connectivity index (χ3v) is 3.26. The molecular formula is C12H11NOS. The summed E-state index contributed by atoms with van der Waals surface area (Å²) >= 11 is 1.69. The van der Waals surface area contributed by atoms with Gasteiger partial charge in [0, 0.05) is 16.8 Å². The second kappa shape index (κ2) is 3.68. The van der Waals surface area contributed by atoms with Gasteiger partial charge in [-0.2, -0.15) is 11.3 Å². The normalized spacial score (nSPS) is 19.3. The molecule has 0 amide bonds. The third-order valence-electron chi connectivity index (χ3n) is 2.56. The minimum Gasteiger partial charge on any atom is -0.356 e. The lowest BCUT2D eigenvalue weighted by Crippen LogP contribution is -2.19. The summed E-state index contributed by atoms with van der Waals surface area (Å²) < 4.78 is 5.74. The summed E-state index contributed by atoms with van der Waals surface area (Å²) in [7, 11) is 0. The van der Waals surface area contributed by atoms with Gasteiger partial charge < -0.3 is 10.1 Å². The zero-order chi connectivity index (χ0) is 10.1. The lowest BCUT2D eigenvalue weighted by Gasteiger charge is -2.26. The minimum absolute atomic E-state index is 0.00569. The first kappa shape index (κ1) is 8.95. The number of hydrogen-bond acceptors (Lipinski definition) is 3. The zero-order valence-corrected chi connectivity index (χ0v) is 8.96. The Morgan fingerprint density at radius 2 is 2.20 bits per heavy atom. The highest BCUT2D eigenvalue weighted by atomic mass is 32.1. The van der Waals surface area contributed by atoms with Crippen molar-refractivity contribution in [2.24, 2.45) is 0 Å². The Bertz CT molecular complexity index is 452. The predicted molar refractivity (Wildman–Crippen MR) is 61.9 cm³/mol. The van der Waals surface area contributed by atoms with E-state index in [2.05, 4.69) is 34.3 Å². The first-order valence-electron chi connectivity index (χ1n) is 4.91. The number of rotatable bonds is 1. The van der Waals surface area contributed by atoms with E-state index in [4.69, 9.17) is 4.74 Å². The van der Waals surface area contributed by atoms with Gasteiger partial charge in [-0.3, -0.25) is 0 Å². The number of anilines is 1. The first-order valence-corrected chi connectivity index (χ1v) is 5.86. The van der Waals surface area contributed by atoms with Crippen molar-refractivity contribution in [3.8, 4) is 0 Å². The van der Waals surface area contributed by atoms with Crippen LogP contribution in [0.25, 0.3) is 0 Å². The van der Waals surface area contributed by atoms with Gasteiger partial charge in [0.05, 0.1) is 6.61 Å². The number of benzene rings is 1. The van der Waals surface area contributed by atoms with Gasteiger partial charge in [-0.1, -0.05) is 18.2 Å². The summed E-state index contributed by atoms with van der Waals surface area (Å²) in [5, 5.41) is 7.57. The molecule has 2 nitrogen and oxygen atoms in total. The Morgan fingerprint density at radius 1 is 1.27 bits per heavy atom. The average Bonchev–Trinajstić information content (AvgIpc) is 2.82. The molecule has 1 aliphatic rings. The van der Waals surface area contributed by atoms with Crippen molar-refractivity contribution in [1.29, 1.82) is 0 Å². The maximum Gasteiger partial charge on any atom is 0.155 e. The summed E-state index contributed by atoms with van der Waals surface area (Å²) in [6.07, 6.45) is 0.00569. The van der Waals surface area contributed by atoms with Crippen LogP contribution in [-0.2, 0) is 11.3 Å². The van der Waals surface area contributed by atoms with E-state index >= 15 is 0 Å². The van der Waals surface area contributed by atoms with Crippen LogP contribution >= 0.6 is 11.3 Å². The molecule has 0 unspecified atom stereocenters. The van der Waals surface area contributed by atoms with Crippen LogP contribution in [0.5, 0.6) is 0 Å². The van der Waals surface area contributed by atoms with E-state index in [1.807, 2.05) is 12.1 Å². The Kier molecular flexibility index (Phi) is 2.19. The topological polar surface area (TPSA) is 21.3 Å². The zero-order valence-electron chi connectivity index (χ0n) is 8.14. The van der Waals surface area contributed by atoms with Gasteiger partial charge in [0.2, 0.25) is 0 Å². The van der Waals surface area contributed by atoms with Crippen LogP contribution in [0.15, 0.2) is 41.1 Å². The van der Waals surface area contributed by atoms with Gasteiger partial charge in [-0.05, 0) is 22.9 Å². The van der Waals surface area contributed by atoms with Crippen LogP contribution in [0, 0.1) is 0 Å². The number of para-hydroxylation sites is 1. The highest BCUT2D eigenvalue weighted by Gasteiger charge is 2.18. The van der Waals surface area contributed by atoms with E-state index in [9.17, 15) is 0 Å². The molecule has 3 heteroatoms. The van der Waals surface area contributed by atoms with Crippen molar-refractivity contribution < 1.29 is 4.74 Å². The Hall–Kier alpha value is -1.32. The van der Waals surface area contributed by atoms with Gasteiger partial charge in [0.15, 0.2) is 6.23 Å². The predicted octanol–water partition coefficient (Wildman–Crippen LogP) is 3.39. The van der Waals surface area contributed by atoms with Crippen LogP contribution in [0.2, 0.25) is 0 Å². The van der Waals surface area contributed by atoms with Crippen molar-refractivity contribution in [1.82, 2.24) is 0 Å². The summed E-state index contributed by atoms with van der Waals surface area (Å²) in [6.45, 7) is 0.684. The monoisotopic (exact) mass is 217 g/mol. The fourth-order valence-electron chi connectivity index (χ4n) is 1.75. The van der Waals surface area contributed by atoms with Gasteiger partial charge in [0.25, 0.3) is 0 Å². The van der Waals surface area contributed by atoms with Gasteiger partial charge in [-0.25, -0.2) is 0 Å². The molecule has 0 saturated heterocycles. The van der Waals surface area contributed by atoms with Crippen LogP contribution in [-0.4, -0.2) is 0 Å². The van der Waals surface area contributed by atoms with Crippen molar-refractivity contribution in [3.63, 3.8) is 0 Å². The molecule has 1 aromatic heterocycles. The Morgan fingerprint density at radius 3 is 3.07 bits per heavy atom. The van der Waals surface area contributed by atoms with Gasteiger partial charge >= 0.3 is 0 Å². The number of fused-ring (bicyclic) bond motifs is 1. The quantitative estimate of drug-likeness (QED) is 0.790. The van der Waals surface area contributed by atoms with E-state index < -0.39 is 0 Å². The van der Waals surface area contributed by atoms with E-state index in [1.54, 1.807) is 11.3 Å². The van der Waals surface area contributed by atoms with Crippen LogP contribution in [0.3, 0.4) is 0 Å². The SMILES string of the molecule is c1ccc2c(c1)CO[C@@H](c1ccsc1)N2. The maximum absolute atomic E-state index is 5.74. The first-order chi connectivity index (χ1) is 7.43. The number of nitrogens with one attached hydrogen (secondary N) is 1. The van der Waals surface area contributed by atoms with E-state index in [0.717, 1.165) is 0 Å². The standard InChI is InChI=1S/C12H11NOS/c1-2-4-11-9(3-1)7-14-12(13-11)10-5-6-15-8-10/h1-6,8,12-13H,7H2/t12-/m0/s1. The third kappa shape index (κ3) is 1.64. The molecule has 1 atom stereocenters. The van der Waals surface area contributed by atoms with Crippen LogP contribution in [0.4, 0.5) is 5.69 Å². The second-order valence-electron chi connectivity index (χ2n) is 3.55. The van der Waals surface area contributed by atoms with Crippen LogP contribution in [0.1, 0.15) is 17.4 Å². The highest BCUT2D eigenvalue weighted by molar-refractivity contribution is 7.07. The average molecular weight is 217 g/mol. The molecule has 1 aromatic carbocycles. The molecule has 0 aliphatic carbocycles. The van der Waals surface area contributed by atoms with Crippen LogP contribution < -0.4 is 5.32 Å². The molecule has 0 saturated carbocycles. The second-order valence-corrected chi connectivity index (χ2v) is 4.33. The fraction of sp³-hybridized carbons (Fsp3) is 0.167. The number of ether oxygens (including phenoxy) is 1. The largest absolute Gasteiger partial charge is 0.356 e. The summed E-state index contributed by atoms with van der Waals surface area (Å²) in [4.78, 5) is 0. The van der Waals surface area contributed by atoms with Gasteiger partial charge in [0.1, 0.15) is 0 Å². The Labute approximate surface area is 92.5 Å². The fourth-order valence-corrected chi connectivity index (χ4v) is 2.42. The molecule has 0 bridgehead atoms. The van der Waals surface area contributed by atoms with Crippen molar-refractivity contribution in [2.75, 3.05) is 5.32 Å². The molecule has 2 heterocycles. The lowest BCUT2D eigenvalue weighted by molar-refractivity contribution is 0.0510. The van der Waals surface area contributed by atoms with Crippen molar-refractivity contribution >= 4 is 17.0 Å². The van der Waals surface area contributed by atoms with Crippen molar-refractivity contribution in [2.45, 2.75) is 12.8 Å². The minimum atomic E-state index is 0.00569. The summed E-state index contributed by atoms with van der Waals surface area (Å²) in [6, 6.07) is 10.4. The smallest absolute Gasteiger partial charge is 0.155 e. The highest BCUT2D eigenvalue weighted by Crippen LogP contribution is 2.30. The van der Waals surface area contributed by atoms with E-state index in [0.29, 0.717) is 6.61 Å². The molecule has 1 aliphatic heterocycles. The summed E-state index contributed by atoms with van der Waals surface area (Å²) in [5.41, 5.74) is 3.61. The van der Waals surface area contributed by atoms with Gasteiger partial charge in [-0.15, -0.1) is 0 Å². The molecule has 3 rings (SSSR count). The lowest BCUT2D eigenvalue weighted by atomic mass is 10.1. The number of thiophene rings is 1. The van der Waals surface area contributed by atoms with E-state index in [1.165, 1.54) is 16.8 Å². The molecule has 0 fully saturated rings. The summed E-state index contributed by atoms with van der Waals surface area (Å²) in [5.74, 6) is 0. The Balaban J connectivity index is 1.89. The van der Waals surface area contributed by atoms with Crippen molar-refractivity contribution in [3.05, 3.63) is 52.2 Å². The number of hydrogen-bond donors (Lipinski definition) is 1. The maximum atomic E-state index is 5.74. The molecule has 0 radical (unpaired) electrons. The molecular weight excluding hydrogens is 206 g/mol. The molecule has 15 heavy (non-hydrogen) atoms. The molecule has 76 valence electrons. The molecule has 1 N–H and O–H groups in total. The van der Waals surface area contributed by atoms with E-state index in [-0.39, 0.29) is 6.23 Å².